The Labute approximate surface area is 147 Å². The zero-order valence-corrected chi connectivity index (χ0v) is 13.7. The van der Waals surface area contributed by atoms with E-state index in [4.69, 9.17) is 4.74 Å². The summed E-state index contributed by atoms with van der Waals surface area (Å²) in [6.07, 6.45) is -4.35. The maximum Gasteiger partial charge on any atom is 0.411 e. The fraction of sp³-hybridized carbons (Fsp3) is 0.278. The summed E-state index contributed by atoms with van der Waals surface area (Å²) in [7, 11) is 0. The fourth-order valence-corrected chi connectivity index (χ4v) is 1.97. The van der Waals surface area contributed by atoms with E-state index in [2.05, 4.69) is 10.1 Å². The lowest BCUT2D eigenvalue weighted by atomic mass is 10.1. The molecule has 1 N–H and O–H groups in total. The molecular formula is C18H17F4NO3. The van der Waals surface area contributed by atoms with Gasteiger partial charge in [0.2, 0.25) is 0 Å². The molecule has 0 bridgehead atoms. The van der Waals surface area contributed by atoms with Crippen molar-refractivity contribution in [1.82, 2.24) is 5.32 Å². The van der Waals surface area contributed by atoms with Gasteiger partial charge in [0.15, 0.2) is 6.61 Å². The summed E-state index contributed by atoms with van der Waals surface area (Å²) in [6.45, 7) is -1.40. The third-order valence-electron chi connectivity index (χ3n) is 3.23. The average Bonchev–Trinajstić information content (AvgIpc) is 2.59. The number of ether oxygens (including phenoxy) is 2. The lowest BCUT2D eigenvalue weighted by Gasteiger charge is -2.09. The molecule has 2 aromatic carbocycles. The molecule has 0 aliphatic heterocycles. The number of hydrogen-bond acceptors (Lipinski definition) is 3. The summed E-state index contributed by atoms with van der Waals surface area (Å²) < 4.78 is 58.5. The zero-order chi connectivity index (χ0) is 19.0. The van der Waals surface area contributed by atoms with E-state index in [1.54, 1.807) is 24.3 Å². The van der Waals surface area contributed by atoms with Gasteiger partial charge in [0.05, 0.1) is 6.61 Å². The third-order valence-corrected chi connectivity index (χ3v) is 3.23. The van der Waals surface area contributed by atoms with Crippen molar-refractivity contribution in [1.29, 1.82) is 0 Å². The molecule has 0 unspecified atom stereocenters. The molecular weight excluding hydrogens is 354 g/mol. The quantitative estimate of drug-likeness (QED) is 0.722. The van der Waals surface area contributed by atoms with E-state index < -0.39 is 18.6 Å². The lowest BCUT2D eigenvalue weighted by molar-refractivity contribution is -0.176. The molecule has 140 valence electrons. The number of amides is 1. The topological polar surface area (TPSA) is 47.6 Å². The van der Waals surface area contributed by atoms with Crippen molar-refractivity contribution in [3.63, 3.8) is 0 Å². The first-order valence-corrected chi connectivity index (χ1v) is 7.69. The van der Waals surface area contributed by atoms with Gasteiger partial charge in [0, 0.05) is 6.54 Å². The Kier molecular flexibility index (Phi) is 6.97. The predicted octanol–water partition coefficient (Wildman–Crippen LogP) is 3.60. The fourth-order valence-electron chi connectivity index (χ4n) is 1.97. The molecule has 0 saturated heterocycles. The molecule has 0 radical (unpaired) electrons. The third kappa shape index (κ3) is 7.52. The Morgan fingerprint density at radius 2 is 1.58 bits per heavy atom. The number of alkyl halides is 3. The van der Waals surface area contributed by atoms with Gasteiger partial charge in [-0.15, -0.1) is 0 Å². The number of rotatable bonds is 8. The molecule has 26 heavy (non-hydrogen) atoms. The van der Waals surface area contributed by atoms with Gasteiger partial charge >= 0.3 is 6.18 Å². The maximum atomic E-state index is 12.8. The van der Waals surface area contributed by atoms with E-state index in [0.717, 1.165) is 5.56 Å². The van der Waals surface area contributed by atoms with Crippen molar-refractivity contribution >= 4 is 5.91 Å². The van der Waals surface area contributed by atoms with E-state index >= 15 is 0 Å². The monoisotopic (exact) mass is 371 g/mol. The molecule has 0 atom stereocenters. The van der Waals surface area contributed by atoms with E-state index in [-0.39, 0.29) is 25.7 Å². The van der Waals surface area contributed by atoms with Gasteiger partial charge < -0.3 is 14.8 Å². The Morgan fingerprint density at radius 1 is 0.962 bits per heavy atom. The minimum atomic E-state index is -4.35. The molecule has 8 heteroatoms. The first-order chi connectivity index (χ1) is 12.3. The van der Waals surface area contributed by atoms with Gasteiger partial charge in [0.25, 0.3) is 5.91 Å². The van der Waals surface area contributed by atoms with Gasteiger partial charge in [-0.1, -0.05) is 24.3 Å². The van der Waals surface area contributed by atoms with Crippen LogP contribution in [0, 0.1) is 5.82 Å². The minimum absolute atomic E-state index is 0.141. The van der Waals surface area contributed by atoms with Crippen LogP contribution >= 0.6 is 0 Å². The van der Waals surface area contributed by atoms with Crippen molar-refractivity contribution < 1.29 is 31.8 Å². The second-order valence-electron chi connectivity index (χ2n) is 5.44. The number of benzene rings is 2. The summed E-state index contributed by atoms with van der Waals surface area (Å²) in [4.78, 5) is 11.7. The van der Waals surface area contributed by atoms with Gasteiger partial charge in [-0.05, 0) is 35.4 Å². The molecule has 0 saturated carbocycles. The van der Waals surface area contributed by atoms with E-state index in [1.807, 2.05) is 0 Å². The highest BCUT2D eigenvalue weighted by Crippen LogP contribution is 2.16. The van der Waals surface area contributed by atoms with Crippen LogP contribution < -0.4 is 10.1 Å². The van der Waals surface area contributed by atoms with Crippen molar-refractivity contribution in [2.45, 2.75) is 19.3 Å². The largest absolute Gasteiger partial charge is 0.484 e. The average molecular weight is 371 g/mol. The van der Waals surface area contributed by atoms with Crippen LogP contribution in [0.4, 0.5) is 17.6 Å². The number of carbonyl (C=O) groups excluding carboxylic acids is 1. The molecule has 0 heterocycles. The normalized spacial score (nSPS) is 11.2. The molecule has 0 aliphatic carbocycles. The van der Waals surface area contributed by atoms with E-state index in [0.29, 0.717) is 11.3 Å². The molecule has 0 fully saturated rings. The Bertz CT molecular complexity index is 700. The summed E-state index contributed by atoms with van der Waals surface area (Å²) in [6, 6.07) is 11.9. The van der Waals surface area contributed by atoms with E-state index in [9.17, 15) is 22.4 Å². The van der Waals surface area contributed by atoms with E-state index in [1.165, 1.54) is 24.3 Å². The smallest absolute Gasteiger partial charge is 0.411 e. The number of carbonyl (C=O) groups is 1. The lowest BCUT2D eigenvalue weighted by Crippen LogP contribution is -2.28. The SMILES string of the molecule is O=C(COc1ccc(F)cc1)NCc1ccc(COCC(F)(F)F)cc1. The predicted molar refractivity (Wildman–Crippen MR) is 85.9 cm³/mol. The summed E-state index contributed by atoms with van der Waals surface area (Å²) in [5.41, 5.74) is 1.38. The van der Waals surface area contributed by atoms with Gasteiger partial charge in [-0.2, -0.15) is 13.2 Å². The van der Waals surface area contributed by atoms with Gasteiger partial charge in [0.1, 0.15) is 18.2 Å². The highest BCUT2D eigenvalue weighted by molar-refractivity contribution is 5.77. The van der Waals surface area contributed by atoms with Gasteiger partial charge in [-0.3, -0.25) is 4.79 Å². The highest BCUT2D eigenvalue weighted by atomic mass is 19.4. The molecule has 0 spiro atoms. The summed E-state index contributed by atoms with van der Waals surface area (Å²) >= 11 is 0. The molecule has 2 rings (SSSR count). The van der Waals surface area contributed by atoms with Crippen LogP contribution in [0.3, 0.4) is 0 Å². The molecule has 4 nitrogen and oxygen atoms in total. The minimum Gasteiger partial charge on any atom is -0.484 e. The molecule has 1 amide bonds. The van der Waals surface area contributed by atoms with Gasteiger partial charge in [-0.25, -0.2) is 4.39 Å². The molecule has 0 aromatic heterocycles. The maximum absolute atomic E-state index is 12.8. The number of halogens is 4. The van der Waals surface area contributed by atoms with Crippen molar-refractivity contribution in [2.24, 2.45) is 0 Å². The first-order valence-electron chi connectivity index (χ1n) is 7.69. The number of hydrogen-bond donors (Lipinski definition) is 1. The Morgan fingerprint density at radius 3 is 2.19 bits per heavy atom. The van der Waals surface area contributed by atoms with Crippen LogP contribution in [0.5, 0.6) is 5.75 Å². The molecule has 2 aromatic rings. The Balaban J connectivity index is 1.69. The first kappa shape index (κ1) is 19.7. The zero-order valence-electron chi connectivity index (χ0n) is 13.7. The summed E-state index contributed by atoms with van der Waals surface area (Å²) in [5.74, 6) is -0.370. The van der Waals surface area contributed by atoms with Crippen LogP contribution in [0.15, 0.2) is 48.5 Å². The van der Waals surface area contributed by atoms with Crippen molar-refractivity contribution in [2.75, 3.05) is 13.2 Å². The van der Waals surface area contributed by atoms with Crippen LogP contribution in [-0.2, 0) is 22.7 Å². The second-order valence-corrected chi connectivity index (χ2v) is 5.44. The van der Waals surface area contributed by atoms with Crippen LogP contribution in [0.2, 0.25) is 0 Å². The van der Waals surface area contributed by atoms with Crippen LogP contribution in [0.1, 0.15) is 11.1 Å². The summed E-state index contributed by atoms with van der Waals surface area (Å²) in [5, 5.41) is 2.65. The standard InChI is InChI=1S/C18H17F4NO3/c19-15-5-7-16(8-6-15)26-11-17(24)23-9-13-1-3-14(4-2-13)10-25-12-18(20,21)22/h1-8H,9-12H2,(H,23,24). The van der Waals surface area contributed by atoms with Crippen LogP contribution in [-0.4, -0.2) is 25.3 Å². The Hall–Kier alpha value is -2.61. The van der Waals surface area contributed by atoms with Crippen molar-refractivity contribution in [3.8, 4) is 5.75 Å². The highest BCUT2D eigenvalue weighted by Gasteiger charge is 2.27. The molecule has 0 aliphatic rings. The van der Waals surface area contributed by atoms with Crippen molar-refractivity contribution in [3.05, 3.63) is 65.5 Å². The second kappa shape index (κ2) is 9.19. The van der Waals surface area contributed by atoms with Crippen LogP contribution in [0.25, 0.3) is 0 Å². The number of nitrogens with one attached hydrogen (secondary N) is 1.